The molecule has 6 nitrogen and oxygen atoms in total. The molecule has 0 saturated heterocycles. The molecule has 1 heterocycles. The van der Waals surface area contributed by atoms with E-state index in [1.807, 2.05) is 13.0 Å². The fourth-order valence-corrected chi connectivity index (χ4v) is 2.65. The van der Waals surface area contributed by atoms with Gasteiger partial charge in [0.05, 0.1) is 17.9 Å². The third-order valence-electron chi connectivity index (χ3n) is 4.00. The van der Waals surface area contributed by atoms with Crippen LogP contribution in [0.1, 0.15) is 54.9 Å². The van der Waals surface area contributed by atoms with Crippen LogP contribution in [0.4, 0.5) is 5.82 Å². The van der Waals surface area contributed by atoms with Crippen molar-refractivity contribution in [2.24, 2.45) is 0 Å². The number of aryl methyl sites for hydroxylation is 2. The summed E-state index contributed by atoms with van der Waals surface area (Å²) in [5.41, 5.74) is 8.81. The standard InChI is InChI=1S/C19H25N3O3/c1-7-25-18(24)15-11(3)21-17(22-16(15)20)14-10(2)8-12(9-13(14)23)19(4,5)6/h8-9,23H,7H2,1-6H3,(H2,20,21,22). The normalized spacial score (nSPS) is 11.4. The summed E-state index contributed by atoms with van der Waals surface area (Å²) < 4.78 is 4.99. The van der Waals surface area contributed by atoms with Gasteiger partial charge in [-0.05, 0) is 43.4 Å². The van der Waals surface area contributed by atoms with E-state index >= 15 is 0 Å². The van der Waals surface area contributed by atoms with Crippen LogP contribution in [0.2, 0.25) is 0 Å². The first-order valence-corrected chi connectivity index (χ1v) is 8.22. The summed E-state index contributed by atoms with van der Waals surface area (Å²) in [6.07, 6.45) is 0. The van der Waals surface area contributed by atoms with Gasteiger partial charge in [0, 0.05) is 0 Å². The van der Waals surface area contributed by atoms with E-state index in [1.165, 1.54) is 0 Å². The van der Waals surface area contributed by atoms with Gasteiger partial charge in [-0.3, -0.25) is 0 Å². The highest BCUT2D eigenvalue weighted by Gasteiger charge is 2.22. The average molecular weight is 343 g/mol. The molecule has 6 heteroatoms. The fourth-order valence-electron chi connectivity index (χ4n) is 2.65. The van der Waals surface area contributed by atoms with Gasteiger partial charge in [-0.2, -0.15) is 0 Å². The monoisotopic (exact) mass is 343 g/mol. The molecule has 0 aliphatic rings. The van der Waals surface area contributed by atoms with Crippen molar-refractivity contribution in [3.63, 3.8) is 0 Å². The molecule has 0 spiro atoms. The number of hydrogen-bond acceptors (Lipinski definition) is 6. The summed E-state index contributed by atoms with van der Waals surface area (Å²) in [4.78, 5) is 20.6. The minimum absolute atomic E-state index is 0.0413. The van der Waals surface area contributed by atoms with Crippen molar-refractivity contribution in [1.82, 2.24) is 9.97 Å². The fraction of sp³-hybridized carbons (Fsp3) is 0.421. The number of ether oxygens (including phenoxy) is 1. The van der Waals surface area contributed by atoms with E-state index in [4.69, 9.17) is 10.5 Å². The third kappa shape index (κ3) is 3.73. The molecule has 0 amide bonds. The zero-order valence-electron chi connectivity index (χ0n) is 15.6. The molecule has 0 bridgehead atoms. The van der Waals surface area contributed by atoms with Crippen LogP contribution in [0.25, 0.3) is 11.4 Å². The number of hydrogen-bond donors (Lipinski definition) is 2. The smallest absolute Gasteiger partial charge is 0.343 e. The third-order valence-corrected chi connectivity index (χ3v) is 4.00. The lowest BCUT2D eigenvalue weighted by molar-refractivity contribution is 0.0526. The second kappa shape index (κ2) is 6.70. The molecular weight excluding hydrogens is 318 g/mol. The van der Waals surface area contributed by atoms with Gasteiger partial charge in [-0.15, -0.1) is 0 Å². The van der Waals surface area contributed by atoms with Crippen molar-refractivity contribution in [2.75, 3.05) is 12.3 Å². The highest BCUT2D eigenvalue weighted by Crippen LogP contribution is 2.36. The summed E-state index contributed by atoms with van der Waals surface area (Å²) in [5, 5.41) is 10.5. The van der Waals surface area contributed by atoms with E-state index in [0.717, 1.165) is 11.1 Å². The largest absolute Gasteiger partial charge is 0.507 e. The lowest BCUT2D eigenvalue weighted by atomic mass is 9.85. The molecular formula is C19H25N3O3. The second-order valence-corrected chi connectivity index (χ2v) is 7.05. The number of aromatic nitrogens is 2. The maximum Gasteiger partial charge on any atom is 0.343 e. The number of nitrogen functional groups attached to an aromatic ring is 1. The summed E-state index contributed by atoms with van der Waals surface area (Å²) in [6, 6.07) is 3.72. The van der Waals surface area contributed by atoms with E-state index in [-0.39, 0.29) is 29.2 Å². The number of phenolic OH excluding ortho intramolecular Hbond substituents is 1. The lowest BCUT2D eigenvalue weighted by Crippen LogP contribution is -2.14. The number of benzene rings is 1. The maximum atomic E-state index is 12.0. The highest BCUT2D eigenvalue weighted by molar-refractivity contribution is 5.95. The Balaban J connectivity index is 2.59. The molecule has 0 saturated carbocycles. The number of nitrogens with two attached hydrogens (primary N) is 1. The van der Waals surface area contributed by atoms with Gasteiger partial charge >= 0.3 is 5.97 Å². The zero-order valence-corrected chi connectivity index (χ0v) is 15.6. The van der Waals surface area contributed by atoms with Crippen molar-refractivity contribution < 1.29 is 14.6 Å². The summed E-state index contributed by atoms with van der Waals surface area (Å²) in [6.45, 7) is 11.8. The first kappa shape index (κ1) is 18.7. The molecule has 0 fully saturated rings. The van der Waals surface area contributed by atoms with Crippen LogP contribution < -0.4 is 5.73 Å². The van der Waals surface area contributed by atoms with Gasteiger partial charge in [-0.1, -0.05) is 26.8 Å². The Labute approximate surface area is 148 Å². The maximum absolute atomic E-state index is 12.0. The molecule has 1 aromatic heterocycles. The van der Waals surface area contributed by atoms with Crippen molar-refractivity contribution in [2.45, 2.75) is 47.0 Å². The van der Waals surface area contributed by atoms with Crippen molar-refractivity contribution in [1.29, 1.82) is 0 Å². The molecule has 1 aromatic carbocycles. The SMILES string of the molecule is CCOC(=O)c1c(C)nc(-c2c(C)cc(C(C)(C)C)cc2O)nc1N. The molecule has 0 aliphatic heterocycles. The van der Waals surface area contributed by atoms with Crippen LogP contribution in [0, 0.1) is 13.8 Å². The zero-order chi connectivity index (χ0) is 18.9. The van der Waals surface area contributed by atoms with Gasteiger partial charge in [0.1, 0.15) is 17.1 Å². The van der Waals surface area contributed by atoms with Crippen LogP contribution in [0.15, 0.2) is 12.1 Å². The number of esters is 1. The van der Waals surface area contributed by atoms with Gasteiger partial charge < -0.3 is 15.6 Å². The number of carbonyl (C=O) groups is 1. The Morgan fingerprint density at radius 1 is 1.24 bits per heavy atom. The molecule has 3 N–H and O–H groups in total. The van der Waals surface area contributed by atoms with Crippen molar-refractivity contribution in [3.8, 4) is 17.1 Å². The van der Waals surface area contributed by atoms with Crippen LogP contribution in [0.5, 0.6) is 5.75 Å². The topological polar surface area (TPSA) is 98.3 Å². The van der Waals surface area contributed by atoms with Gasteiger partial charge in [0.2, 0.25) is 0 Å². The molecule has 0 atom stereocenters. The van der Waals surface area contributed by atoms with Crippen molar-refractivity contribution >= 4 is 11.8 Å². The number of phenols is 1. The first-order valence-electron chi connectivity index (χ1n) is 8.22. The number of aromatic hydroxyl groups is 1. The quantitative estimate of drug-likeness (QED) is 0.827. The van der Waals surface area contributed by atoms with Gasteiger partial charge in [0.25, 0.3) is 0 Å². The van der Waals surface area contributed by atoms with Gasteiger partial charge in [0.15, 0.2) is 5.82 Å². The van der Waals surface area contributed by atoms with E-state index in [9.17, 15) is 9.90 Å². The number of anilines is 1. The molecule has 2 aromatic rings. The van der Waals surface area contributed by atoms with Crippen LogP contribution >= 0.6 is 0 Å². The number of carbonyl (C=O) groups excluding carboxylic acids is 1. The van der Waals surface area contributed by atoms with E-state index in [2.05, 4.69) is 30.7 Å². The summed E-state index contributed by atoms with van der Waals surface area (Å²) in [7, 11) is 0. The lowest BCUT2D eigenvalue weighted by Gasteiger charge is -2.21. The molecule has 0 aliphatic carbocycles. The predicted molar refractivity (Wildman–Crippen MR) is 97.7 cm³/mol. The summed E-state index contributed by atoms with van der Waals surface area (Å²) in [5.74, 6) is -0.126. The molecule has 134 valence electrons. The number of rotatable bonds is 3. The Bertz CT molecular complexity index is 777. The summed E-state index contributed by atoms with van der Waals surface area (Å²) >= 11 is 0. The Morgan fingerprint density at radius 3 is 2.36 bits per heavy atom. The molecule has 0 unspecified atom stereocenters. The Hall–Kier alpha value is -2.63. The van der Waals surface area contributed by atoms with E-state index in [0.29, 0.717) is 17.1 Å². The second-order valence-electron chi connectivity index (χ2n) is 7.05. The predicted octanol–water partition coefficient (Wildman–Crippen LogP) is 3.52. The Morgan fingerprint density at radius 2 is 1.88 bits per heavy atom. The van der Waals surface area contributed by atoms with E-state index in [1.54, 1.807) is 19.9 Å². The average Bonchev–Trinajstić information content (AvgIpc) is 2.45. The minimum atomic E-state index is -0.548. The molecule has 2 rings (SSSR count). The van der Waals surface area contributed by atoms with E-state index < -0.39 is 5.97 Å². The minimum Gasteiger partial charge on any atom is -0.507 e. The van der Waals surface area contributed by atoms with Gasteiger partial charge in [-0.25, -0.2) is 14.8 Å². The first-order chi connectivity index (χ1) is 11.6. The van der Waals surface area contributed by atoms with Crippen LogP contribution in [0.3, 0.4) is 0 Å². The molecule has 0 radical (unpaired) electrons. The van der Waals surface area contributed by atoms with Crippen LogP contribution in [-0.4, -0.2) is 27.7 Å². The Kier molecular flexibility index (Phi) is 5.02. The van der Waals surface area contributed by atoms with Crippen molar-refractivity contribution in [3.05, 3.63) is 34.5 Å². The number of nitrogens with zero attached hydrogens (tertiary/aromatic N) is 2. The van der Waals surface area contributed by atoms with Crippen LogP contribution in [-0.2, 0) is 10.2 Å². The molecule has 25 heavy (non-hydrogen) atoms. The highest BCUT2D eigenvalue weighted by atomic mass is 16.5.